The standard InChI is InChI=1S/C17H12F6N2/c18-16(19,20)13-7-12(8-14(9-13)17(21,22)23)10-1-3-11(4-2-10)15-24-5-6-25-15/h1-4,7-9H,5-6H2,(H,24,25). The van der Waals surface area contributed by atoms with Crippen molar-refractivity contribution in [2.45, 2.75) is 12.4 Å². The summed E-state index contributed by atoms with van der Waals surface area (Å²) in [7, 11) is 0. The summed E-state index contributed by atoms with van der Waals surface area (Å²) in [4.78, 5) is 4.21. The predicted molar refractivity (Wildman–Crippen MR) is 81.3 cm³/mol. The van der Waals surface area contributed by atoms with Gasteiger partial charge in [0, 0.05) is 12.1 Å². The smallest absolute Gasteiger partial charge is 0.368 e. The molecule has 3 rings (SSSR count). The molecule has 0 fully saturated rings. The number of hydrogen-bond acceptors (Lipinski definition) is 2. The molecule has 1 aliphatic rings. The van der Waals surface area contributed by atoms with Crippen LogP contribution in [0.2, 0.25) is 0 Å². The van der Waals surface area contributed by atoms with Gasteiger partial charge in [-0.1, -0.05) is 24.3 Å². The second kappa shape index (κ2) is 6.09. The number of rotatable bonds is 2. The van der Waals surface area contributed by atoms with Crippen molar-refractivity contribution in [3.63, 3.8) is 0 Å². The lowest BCUT2D eigenvalue weighted by molar-refractivity contribution is -0.143. The first-order chi connectivity index (χ1) is 11.6. The second-order valence-electron chi connectivity index (χ2n) is 5.53. The summed E-state index contributed by atoms with van der Waals surface area (Å²) in [5.41, 5.74) is -1.82. The van der Waals surface area contributed by atoms with E-state index in [1.54, 1.807) is 12.1 Å². The van der Waals surface area contributed by atoms with Crippen LogP contribution in [-0.2, 0) is 12.4 Å². The fourth-order valence-corrected chi connectivity index (χ4v) is 2.53. The molecule has 0 saturated heterocycles. The molecule has 2 nitrogen and oxygen atoms in total. The van der Waals surface area contributed by atoms with Crippen molar-refractivity contribution in [1.82, 2.24) is 5.32 Å². The molecule has 0 amide bonds. The van der Waals surface area contributed by atoms with Crippen molar-refractivity contribution in [2.24, 2.45) is 4.99 Å². The van der Waals surface area contributed by atoms with Crippen LogP contribution < -0.4 is 5.32 Å². The minimum absolute atomic E-state index is 0.120. The number of nitrogens with one attached hydrogen (secondary N) is 1. The molecule has 1 aliphatic heterocycles. The lowest BCUT2D eigenvalue weighted by Gasteiger charge is -2.14. The first kappa shape index (κ1) is 17.3. The fraction of sp³-hybridized carbons (Fsp3) is 0.235. The number of halogens is 6. The molecule has 0 aliphatic carbocycles. The fourth-order valence-electron chi connectivity index (χ4n) is 2.53. The molecule has 2 aromatic carbocycles. The molecule has 0 unspecified atom stereocenters. The van der Waals surface area contributed by atoms with Crippen LogP contribution >= 0.6 is 0 Å². The van der Waals surface area contributed by atoms with Crippen molar-refractivity contribution in [3.8, 4) is 11.1 Å². The Kier molecular flexibility index (Phi) is 4.22. The Hall–Kier alpha value is -2.51. The molecule has 0 radical (unpaired) electrons. The summed E-state index contributed by atoms with van der Waals surface area (Å²) in [6.07, 6.45) is -9.73. The highest BCUT2D eigenvalue weighted by Gasteiger charge is 2.37. The average Bonchev–Trinajstić information content (AvgIpc) is 3.07. The van der Waals surface area contributed by atoms with Crippen LogP contribution in [0.4, 0.5) is 26.3 Å². The van der Waals surface area contributed by atoms with Crippen LogP contribution in [0.5, 0.6) is 0 Å². The quantitative estimate of drug-likeness (QED) is 0.771. The van der Waals surface area contributed by atoms with Crippen molar-refractivity contribution >= 4 is 5.84 Å². The van der Waals surface area contributed by atoms with E-state index in [2.05, 4.69) is 10.3 Å². The van der Waals surface area contributed by atoms with E-state index in [1.807, 2.05) is 0 Å². The summed E-state index contributed by atoms with van der Waals surface area (Å²) >= 11 is 0. The van der Waals surface area contributed by atoms with Gasteiger partial charge in [-0.05, 0) is 29.3 Å². The minimum atomic E-state index is -4.86. The van der Waals surface area contributed by atoms with Crippen LogP contribution in [-0.4, -0.2) is 18.9 Å². The molecule has 2 aromatic rings. The summed E-state index contributed by atoms with van der Waals surface area (Å²) in [5.74, 6) is 0.659. The molecule has 0 spiro atoms. The number of hydrogen-bond donors (Lipinski definition) is 1. The Morgan fingerprint density at radius 1 is 0.720 bits per heavy atom. The molecule has 132 valence electrons. The number of amidine groups is 1. The van der Waals surface area contributed by atoms with E-state index in [4.69, 9.17) is 0 Å². The molecule has 0 aromatic heterocycles. The highest BCUT2D eigenvalue weighted by molar-refractivity contribution is 6.00. The summed E-state index contributed by atoms with van der Waals surface area (Å²) in [5, 5.41) is 3.04. The number of alkyl halides is 6. The number of aliphatic imine (C=N–C) groups is 1. The van der Waals surface area contributed by atoms with Crippen molar-refractivity contribution in [3.05, 3.63) is 59.2 Å². The SMILES string of the molecule is FC(F)(F)c1cc(-c2ccc(C3=NCCN3)cc2)cc(C(F)(F)F)c1. The first-order valence-corrected chi connectivity index (χ1v) is 7.33. The Morgan fingerprint density at radius 3 is 1.68 bits per heavy atom. The summed E-state index contributed by atoms with van der Waals surface area (Å²) in [6.45, 7) is 1.32. The highest BCUT2D eigenvalue weighted by Crippen LogP contribution is 2.38. The van der Waals surface area contributed by atoms with E-state index < -0.39 is 23.5 Å². The Morgan fingerprint density at radius 2 is 1.24 bits per heavy atom. The van der Waals surface area contributed by atoms with Gasteiger partial charge in [-0.25, -0.2) is 0 Å². The summed E-state index contributed by atoms with van der Waals surface area (Å²) in [6, 6.07) is 7.74. The van der Waals surface area contributed by atoms with Gasteiger partial charge >= 0.3 is 12.4 Å². The van der Waals surface area contributed by atoms with Crippen molar-refractivity contribution < 1.29 is 26.3 Å². The van der Waals surface area contributed by atoms with E-state index in [0.717, 1.165) is 17.7 Å². The van der Waals surface area contributed by atoms with Crippen LogP contribution in [0.3, 0.4) is 0 Å². The lowest BCUT2D eigenvalue weighted by atomic mass is 9.98. The molecule has 8 heteroatoms. The van der Waals surface area contributed by atoms with Gasteiger partial charge in [0.05, 0.1) is 17.7 Å². The molecular weight excluding hydrogens is 346 g/mol. The average molecular weight is 358 g/mol. The molecular formula is C17H12F6N2. The maximum atomic E-state index is 12.9. The van der Waals surface area contributed by atoms with Crippen LogP contribution in [0.1, 0.15) is 16.7 Å². The lowest BCUT2D eigenvalue weighted by Crippen LogP contribution is -2.19. The van der Waals surface area contributed by atoms with Gasteiger partial charge in [-0.3, -0.25) is 4.99 Å². The highest BCUT2D eigenvalue weighted by atomic mass is 19.4. The van der Waals surface area contributed by atoms with Crippen LogP contribution in [0.25, 0.3) is 11.1 Å². The largest absolute Gasteiger partial charge is 0.416 e. The Bertz CT molecular complexity index is 771. The normalized spacial score (nSPS) is 15.0. The zero-order valence-corrected chi connectivity index (χ0v) is 12.7. The third-order valence-electron chi connectivity index (χ3n) is 3.75. The van der Waals surface area contributed by atoms with E-state index in [-0.39, 0.29) is 17.2 Å². The third-order valence-corrected chi connectivity index (χ3v) is 3.75. The van der Waals surface area contributed by atoms with Gasteiger partial charge in [0.25, 0.3) is 0 Å². The van der Waals surface area contributed by atoms with Crippen LogP contribution in [0.15, 0.2) is 47.5 Å². The van der Waals surface area contributed by atoms with Crippen LogP contribution in [0, 0.1) is 0 Å². The van der Waals surface area contributed by atoms with Crippen molar-refractivity contribution in [1.29, 1.82) is 0 Å². The van der Waals surface area contributed by atoms with Gasteiger partial charge in [-0.2, -0.15) is 26.3 Å². The molecule has 1 heterocycles. The first-order valence-electron chi connectivity index (χ1n) is 7.33. The molecule has 0 saturated carbocycles. The van der Waals surface area contributed by atoms with E-state index in [9.17, 15) is 26.3 Å². The van der Waals surface area contributed by atoms with Gasteiger partial charge in [0.2, 0.25) is 0 Å². The topological polar surface area (TPSA) is 24.4 Å². The predicted octanol–water partition coefficient (Wildman–Crippen LogP) is 4.74. The van der Waals surface area contributed by atoms with Gasteiger partial charge in [0.15, 0.2) is 0 Å². The minimum Gasteiger partial charge on any atom is -0.368 e. The number of nitrogens with zero attached hydrogens (tertiary/aromatic N) is 1. The summed E-state index contributed by atoms with van der Waals surface area (Å²) < 4.78 is 77.6. The van der Waals surface area contributed by atoms with Gasteiger partial charge < -0.3 is 5.32 Å². The Labute approximate surface area is 139 Å². The molecule has 1 N–H and O–H groups in total. The van der Waals surface area contributed by atoms with E-state index in [1.165, 1.54) is 12.1 Å². The van der Waals surface area contributed by atoms with Gasteiger partial charge in [0.1, 0.15) is 5.84 Å². The van der Waals surface area contributed by atoms with Gasteiger partial charge in [-0.15, -0.1) is 0 Å². The maximum absolute atomic E-state index is 12.9. The molecule has 25 heavy (non-hydrogen) atoms. The molecule has 0 bridgehead atoms. The van der Waals surface area contributed by atoms with E-state index >= 15 is 0 Å². The zero-order chi connectivity index (χ0) is 18.2. The van der Waals surface area contributed by atoms with Crippen molar-refractivity contribution in [2.75, 3.05) is 13.1 Å². The zero-order valence-electron chi connectivity index (χ0n) is 12.7. The number of benzene rings is 2. The second-order valence-corrected chi connectivity index (χ2v) is 5.53. The maximum Gasteiger partial charge on any atom is 0.416 e. The Balaban J connectivity index is 2.03. The monoisotopic (exact) mass is 358 g/mol. The van der Waals surface area contributed by atoms with E-state index in [0.29, 0.717) is 18.9 Å². The molecule has 0 atom stereocenters. The third kappa shape index (κ3) is 3.78.